The monoisotopic (exact) mass is 327 g/mol. The number of hydrogen-bond acceptors (Lipinski definition) is 4. The highest BCUT2D eigenvalue weighted by molar-refractivity contribution is 5.96. The molecular weight excluding hydrogens is 298 g/mol. The van der Waals surface area contributed by atoms with E-state index in [0.717, 1.165) is 12.8 Å². The van der Waals surface area contributed by atoms with Crippen LogP contribution >= 0.6 is 0 Å². The zero-order valence-electron chi connectivity index (χ0n) is 14.7. The van der Waals surface area contributed by atoms with Crippen molar-refractivity contribution in [3.63, 3.8) is 0 Å². The molecule has 1 aliphatic rings. The zero-order chi connectivity index (χ0) is 17.8. The number of rotatable bonds is 4. The van der Waals surface area contributed by atoms with Gasteiger partial charge in [0, 0.05) is 18.6 Å². The van der Waals surface area contributed by atoms with Crippen molar-refractivity contribution in [3.8, 4) is 0 Å². The van der Waals surface area contributed by atoms with E-state index < -0.39 is 17.6 Å². The minimum atomic E-state index is -0.640. The van der Waals surface area contributed by atoms with Crippen LogP contribution in [0.15, 0.2) is 0 Å². The first-order chi connectivity index (χ1) is 10.5. The molecule has 1 rings (SSSR count). The zero-order valence-corrected chi connectivity index (χ0v) is 14.7. The first kappa shape index (κ1) is 19.3. The van der Waals surface area contributed by atoms with E-state index in [0.29, 0.717) is 12.5 Å². The van der Waals surface area contributed by atoms with Gasteiger partial charge >= 0.3 is 6.09 Å². The average Bonchev–Trinajstić information content (AvgIpc) is 2.37. The molecule has 132 valence electrons. The first-order valence-electron chi connectivity index (χ1n) is 8.07. The molecule has 1 fully saturated rings. The number of likely N-dealkylation sites (tertiary alicyclic amines) is 1. The minimum absolute atomic E-state index is 0.000960. The number of alkyl carbamates (subject to hydrolysis) is 1. The predicted octanol–water partition coefficient (Wildman–Crippen LogP) is 1.40. The summed E-state index contributed by atoms with van der Waals surface area (Å²) in [4.78, 5) is 36.9. The minimum Gasteiger partial charge on any atom is -0.444 e. The fourth-order valence-electron chi connectivity index (χ4n) is 2.83. The van der Waals surface area contributed by atoms with Crippen LogP contribution in [0, 0.1) is 5.92 Å². The quantitative estimate of drug-likeness (QED) is 0.762. The van der Waals surface area contributed by atoms with Crippen molar-refractivity contribution in [2.24, 2.45) is 11.7 Å². The molecule has 3 unspecified atom stereocenters. The Balaban J connectivity index is 2.71. The molecule has 0 radical (unpaired) electrons. The Hall–Kier alpha value is -1.79. The summed E-state index contributed by atoms with van der Waals surface area (Å²) in [7, 11) is 0. The molecule has 3 N–H and O–H groups in total. The lowest BCUT2D eigenvalue weighted by Crippen LogP contribution is -2.56. The molecule has 7 nitrogen and oxygen atoms in total. The average molecular weight is 327 g/mol. The van der Waals surface area contributed by atoms with Crippen molar-refractivity contribution in [1.29, 1.82) is 0 Å². The summed E-state index contributed by atoms with van der Waals surface area (Å²) in [5.74, 6) is -0.587. The largest absolute Gasteiger partial charge is 0.444 e. The maximum Gasteiger partial charge on any atom is 0.407 e. The predicted molar refractivity (Wildman–Crippen MR) is 86.5 cm³/mol. The van der Waals surface area contributed by atoms with E-state index in [2.05, 4.69) is 12.2 Å². The number of amides is 3. The Morgan fingerprint density at radius 2 is 1.83 bits per heavy atom. The van der Waals surface area contributed by atoms with E-state index in [1.807, 2.05) is 6.92 Å². The molecule has 0 saturated carbocycles. The second-order valence-corrected chi connectivity index (χ2v) is 7.28. The summed E-state index contributed by atoms with van der Waals surface area (Å²) in [5, 5.41) is 2.71. The SMILES string of the molecule is CC1CCC(CNC(=O)OC(C)(C)C)N(C(=O)CC(N)=O)C1C. The van der Waals surface area contributed by atoms with E-state index in [-0.39, 0.29) is 24.4 Å². The number of nitrogens with zero attached hydrogens (tertiary/aromatic N) is 1. The van der Waals surface area contributed by atoms with E-state index in [1.165, 1.54) is 0 Å². The summed E-state index contributed by atoms with van der Waals surface area (Å²) >= 11 is 0. The highest BCUT2D eigenvalue weighted by atomic mass is 16.6. The smallest absolute Gasteiger partial charge is 0.407 e. The van der Waals surface area contributed by atoms with Gasteiger partial charge in [-0.25, -0.2) is 4.79 Å². The highest BCUT2D eigenvalue weighted by Gasteiger charge is 2.36. The normalized spacial score (nSPS) is 24.9. The van der Waals surface area contributed by atoms with Crippen LogP contribution in [-0.4, -0.2) is 47.0 Å². The molecule has 3 atom stereocenters. The third-order valence-electron chi connectivity index (χ3n) is 4.11. The lowest BCUT2D eigenvalue weighted by atomic mass is 9.87. The van der Waals surface area contributed by atoms with Crippen molar-refractivity contribution in [2.75, 3.05) is 6.54 Å². The molecule has 0 aromatic heterocycles. The molecule has 0 spiro atoms. The Morgan fingerprint density at radius 3 is 2.35 bits per heavy atom. The van der Waals surface area contributed by atoms with Gasteiger partial charge in [-0.3, -0.25) is 9.59 Å². The van der Waals surface area contributed by atoms with Gasteiger partial charge in [0.15, 0.2) is 0 Å². The molecule has 3 amide bonds. The van der Waals surface area contributed by atoms with Crippen molar-refractivity contribution >= 4 is 17.9 Å². The molecule has 0 aromatic carbocycles. The maximum absolute atomic E-state index is 12.3. The van der Waals surface area contributed by atoms with E-state index >= 15 is 0 Å². The van der Waals surface area contributed by atoms with Gasteiger partial charge in [-0.1, -0.05) is 6.92 Å². The Kier molecular flexibility index (Phi) is 6.41. The van der Waals surface area contributed by atoms with Gasteiger partial charge < -0.3 is 20.7 Å². The molecule has 0 bridgehead atoms. The van der Waals surface area contributed by atoms with Crippen LogP contribution in [0.1, 0.15) is 53.9 Å². The Morgan fingerprint density at radius 1 is 1.22 bits per heavy atom. The summed E-state index contributed by atoms with van der Waals surface area (Å²) < 4.78 is 5.21. The van der Waals surface area contributed by atoms with Crippen LogP contribution in [0.4, 0.5) is 4.79 Å². The molecular formula is C16H29N3O4. The van der Waals surface area contributed by atoms with Gasteiger partial charge in [-0.05, 0) is 46.5 Å². The molecule has 1 heterocycles. The van der Waals surface area contributed by atoms with Crippen LogP contribution in [0.3, 0.4) is 0 Å². The lowest BCUT2D eigenvalue weighted by molar-refractivity contribution is -0.142. The lowest BCUT2D eigenvalue weighted by Gasteiger charge is -2.44. The Bertz CT molecular complexity index is 459. The van der Waals surface area contributed by atoms with Gasteiger partial charge in [0.25, 0.3) is 0 Å². The van der Waals surface area contributed by atoms with Gasteiger partial charge in [0.05, 0.1) is 0 Å². The highest BCUT2D eigenvalue weighted by Crippen LogP contribution is 2.28. The van der Waals surface area contributed by atoms with Crippen molar-refractivity contribution in [2.45, 2.75) is 71.6 Å². The van der Waals surface area contributed by atoms with Gasteiger partial charge in [-0.15, -0.1) is 0 Å². The molecule has 7 heteroatoms. The van der Waals surface area contributed by atoms with Crippen LogP contribution in [0.5, 0.6) is 0 Å². The van der Waals surface area contributed by atoms with Gasteiger partial charge in [-0.2, -0.15) is 0 Å². The molecule has 0 aromatic rings. The summed E-state index contributed by atoms with van der Waals surface area (Å²) in [6.07, 6.45) is 0.916. The maximum atomic E-state index is 12.3. The fourth-order valence-corrected chi connectivity index (χ4v) is 2.83. The van der Waals surface area contributed by atoms with E-state index in [1.54, 1.807) is 25.7 Å². The number of ether oxygens (including phenoxy) is 1. The molecule has 1 saturated heterocycles. The van der Waals surface area contributed by atoms with Crippen molar-refractivity contribution in [3.05, 3.63) is 0 Å². The van der Waals surface area contributed by atoms with Crippen LogP contribution in [-0.2, 0) is 14.3 Å². The third kappa shape index (κ3) is 6.08. The van der Waals surface area contributed by atoms with Gasteiger partial charge in [0.2, 0.25) is 11.8 Å². The van der Waals surface area contributed by atoms with Crippen LogP contribution in [0.25, 0.3) is 0 Å². The molecule has 1 aliphatic heterocycles. The number of carbonyl (C=O) groups is 3. The fraction of sp³-hybridized carbons (Fsp3) is 0.812. The number of nitrogens with two attached hydrogens (primary N) is 1. The number of piperidine rings is 1. The van der Waals surface area contributed by atoms with Crippen LogP contribution < -0.4 is 11.1 Å². The summed E-state index contributed by atoms with van der Waals surface area (Å²) in [5.41, 5.74) is 4.57. The first-order valence-corrected chi connectivity index (χ1v) is 8.07. The summed E-state index contributed by atoms with van der Waals surface area (Å²) in [6.45, 7) is 9.71. The van der Waals surface area contributed by atoms with Crippen molar-refractivity contribution < 1.29 is 19.1 Å². The van der Waals surface area contributed by atoms with Crippen molar-refractivity contribution in [1.82, 2.24) is 10.2 Å². The number of carbonyl (C=O) groups excluding carboxylic acids is 3. The Labute approximate surface area is 137 Å². The number of primary amides is 1. The third-order valence-corrected chi connectivity index (χ3v) is 4.11. The van der Waals surface area contributed by atoms with Gasteiger partial charge in [0.1, 0.15) is 12.0 Å². The topological polar surface area (TPSA) is 102 Å². The second-order valence-electron chi connectivity index (χ2n) is 7.28. The van der Waals surface area contributed by atoms with Crippen LogP contribution in [0.2, 0.25) is 0 Å². The second kappa shape index (κ2) is 7.66. The standard InChI is InChI=1S/C16H29N3O4/c1-10-6-7-12(9-18-15(22)23-16(3,4)5)19(11(10)2)14(21)8-13(17)20/h10-12H,6-9H2,1-5H3,(H2,17,20)(H,18,22). The number of hydrogen-bond donors (Lipinski definition) is 2. The van der Waals surface area contributed by atoms with E-state index in [4.69, 9.17) is 10.5 Å². The molecule has 23 heavy (non-hydrogen) atoms. The molecule has 0 aliphatic carbocycles. The summed E-state index contributed by atoms with van der Waals surface area (Å²) in [6, 6.07) is -0.151. The number of nitrogens with one attached hydrogen (secondary N) is 1. The van der Waals surface area contributed by atoms with E-state index in [9.17, 15) is 14.4 Å².